The Morgan fingerprint density at radius 3 is 2.88 bits per heavy atom. The standard InChI is InChI=1S/C13H15NO2/c1-10(16)6-7-14-8-11(9-15)12-4-2-3-5-13(12)14/h2-5,8-10,16H,6-7H2,1H3. The van der Waals surface area contributed by atoms with Crippen molar-refractivity contribution in [3.63, 3.8) is 0 Å². The maximum atomic E-state index is 10.9. The number of aldehydes is 1. The van der Waals surface area contributed by atoms with Crippen molar-refractivity contribution in [1.82, 2.24) is 4.57 Å². The van der Waals surface area contributed by atoms with Gasteiger partial charge in [-0.3, -0.25) is 4.79 Å². The van der Waals surface area contributed by atoms with Gasteiger partial charge in [-0.05, 0) is 19.4 Å². The fourth-order valence-corrected chi connectivity index (χ4v) is 1.88. The molecule has 3 nitrogen and oxygen atoms in total. The van der Waals surface area contributed by atoms with Crippen molar-refractivity contribution < 1.29 is 9.90 Å². The lowest BCUT2D eigenvalue weighted by molar-refractivity contribution is 0.112. The summed E-state index contributed by atoms with van der Waals surface area (Å²) >= 11 is 0. The Labute approximate surface area is 94.3 Å². The van der Waals surface area contributed by atoms with Crippen LogP contribution in [0.5, 0.6) is 0 Å². The van der Waals surface area contributed by atoms with Crippen LogP contribution in [0.1, 0.15) is 23.7 Å². The molecule has 1 aromatic carbocycles. The van der Waals surface area contributed by atoms with Gasteiger partial charge in [0.25, 0.3) is 0 Å². The van der Waals surface area contributed by atoms with E-state index in [1.54, 1.807) is 6.92 Å². The monoisotopic (exact) mass is 217 g/mol. The molecule has 0 bridgehead atoms. The highest BCUT2D eigenvalue weighted by molar-refractivity contribution is 5.97. The van der Waals surface area contributed by atoms with E-state index in [4.69, 9.17) is 0 Å². The summed E-state index contributed by atoms with van der Waals surface area (Å²) in [5.41, 5.74) is 1.76. The van der Waals surface area contributed by atoms with Crippen molar-refractivity contribution in [3.8, 4) is 0 Å². The summed E-state index contributed by atoms with van der Waals surface area (Å²) in [7, 11) is 0. The number of nitrogens with zero attached hydrogens (tertiary/aromatic N) is 1. The molecule has 0 aliphatic heterocycles. The first-order valence-corrected chi connectivity index (χ1v) is 5.43. The summed E-state index contributed by atoms with van der Waals surface area (Å²) in [5.74, 6) is 0. The lowest BCUT2D eigenvalue weighted by Crippen LogP contribution is -2.05. The molecule has 1 unspecified atom stereocenters. The predicted molar refractivity (Wildman–Crippen MR) is 63.6 cm³/mol. The van der Waals surface area contributed by atoms with Crippen LogP contribution in [0.15, 0.2) is 30.5 Å². The third-order valence-corrected chi connectivity index (χ3v) is 2.73. The summed E-state index contributed by atoms with van der Waals surface area (Å²) in [5, 5.41) is 10.2. The van der Waals surface area contributed by atoms with Crippen LogP contribution in [0, 0.1) is 0 Å². The number of benzene rings is 1. The van der Waals surface area contributed by atoms with E-state index in [0.29, 0.717) is 12.0 Å². The van der Waals surface area contributed by atoms with Gasteiger partial charge in [-0.1, -0.05) is 18.2 Å². The molecule has 3 heteroatoms. The van der Waals surface area contributed by atoms with Crippen LogP contribution in [0.4, 0.5) is 0 Å². The van der Waals surface area contributed by atoms with Gasteiger partial charge in [-0.25, -0.2) is 0 Å². The number of carbonyl (C=O) groups is 1. The minimum absolute atomic E-state index is 0.319. The summed E-state index contributed by atoms with van der Waals surface area (Å²) in [6.07, 6.45) is 3.10. The number of aryl methyl sites for hydroxylation is 1. The second-order valence-electron chi connectivity index (χ2n) is 4.05. The first-order chi connectivity index (χ1) is 7.72. The van der Waals surface area contributed by atoms with Gasteiger partial charge >= 0.3 is 0 Å². The van der Waals surface area contributed by atoms with Crippen molar-refractivity contribution >= 4 is 17.2 Å². The molecular formula is C13H15NO2. The second kappa shape index (κ2) is 4.49. The van der Waals surface area contributed by atoms with Crippen LogP contribution in [0.2, 0.25) is 0 Å². The fraction of sp³-hybridized carbons (Fsp3) is 0.308. The molecule has 1 heterocycles. The number of aliphatic hydroxyl groups excluding tert-OH is 1. The first kappa shape index (κ1) is 10.9. The number of aromatic nitrogens is 1. The normalized spacial score (nSPS) is 12.9. The van der Waals surface area contributed by atoms with E-state index in [-0.39, 0.29) is 6.10 Å². The van der Waals surface area contributed by atoms with Crippen molar-refractivity contribution in [2.45, 2.75) is 26.0 Å². The van der Waals surface area contributed by atoms with Gasteiger partial charge < -0.3 is 9.67 Å². The van der Waals surface area contributed by atoms with E-state index in [2.05, 4.69) is 0 Å². The topological polar surface area (TPSA) is 42.2 Å². The highest BCUT2D eigenvalue weighted by atomic mass is 16.3. The van der Waals surface area contributed by atoms with Crippen LogP contribution in [-0.4, -0.2) is 22.1 Å². The minimum Gasteiger partial charge on any atom is -0.393 e. The molecule has 0 amide bonds. The summed E-state index contributed by atoms with van der Waals surface area (Å²) in [6, 6.07) is 7.81. The Morgan fingerprint density at radius 2 is 2.19 bits per heavy atom. The Balaban J connectivity index is 2.41. The van der Waals surface area contributed by atoms with Crippen molar-refractivity contribution in [2.24, 2.45) is 0 Å². The second-order valence-corrected chi connectivity index (χ2v) is 4.05. The van der Waals surface area contributed by atoms with E-state index >= 15 is 0 Å². The fourth-order valence-electron chi connectivity index (χ4n) is 1.88. The van der Waals surface area contributed by atoms with E-state index in [1.165, 1.54) is 0 Å². The van der Waals surface area contributed by atoms with Crippen LogP contribution in [-0.2, 0) is 6.54 Å². The molecule has 0 spiro atoms. The number of aliphatic hydroxyl groups is 1. The molecule has 1 aromatic heterocycles. The molecule has 0 saturated carbocycles. The average molecular weight is 217 g/mol. The Kier molecular flexibility index (Phi) is 3.06. The van der Waals surface area contributed by atoms with Crippen molar-refractivity contribution in [3.05, 3.63) is 36.0 Å². The van der Waals surface area contributed by atoms with Crippen LogP contribution >= 0.6 is 0 Å². The van der Waals surface area contributed by atoms with Crippen LogP contribution in [0.3, 0.4) is 0 Å². The van der Waals surface area contributed by atoms with Gasteiger partial charge in [0, 0.05) is 29.2 Å². The number of hydrogen-bond donors (Lipinski definition) is 1. The van der Waals surface area contributed by atoms with Gasteiger partial charge in [0.05, 0.1) is 6.10 Å². The lowest BCUT2D eigenvalue weighted by atomic mass is 10.2. The predicted octanol–water partition coefficient (Wildman–Crippen LogP) is 2.22. The van der Waals surface area contributed by atoms with E-state index < -0.39 is 0 Å². The summed E-state index contributed by atoms with van der Waals surface area (Å²) < 4.78 is 2.02. The average Bonchev–Trinajstić information content (AvgIpc) is 2.65. The molecule has 1 N–H and O–H groups in total. The highest BCUT2D eigenvalue weighted by Crippen LogP contribution is 2.20. The number of carbonyl (C=O) groups excluding carboxylic acids is 1. The lowest BCUT2D eigenvalue weighted by Gasteiger charge is -2.06. The Morgan fingerprint density at radius 1 is 1.44 bits per heavy atom. The molecule has 84 valence electrons. The van der Waals surface area contributed by atoms with E-state index in [9.17, 15) is 9.90 Å². The van der Waals surface area contributed by atoms with E-state index in [1.807, 2.05) is 35.0 Å². The zero-order valence-electron chi connectivity index (χ0n) is 9.26. The van der Waals surface area contributed by atoms with E-state index in [0.717, 1.165) is 23.7 Å². The Bertz CT molecular complexity index is 500. The minimum atomic E-state index is -0.319. The molecule has 2 aromatic rings. The van der Waals surface area contributed by atoms with Crippen molar-refractivity contribution in [2.75, 3.05) is 0 Å². The molecule has 0 aliphatic carbocycles. The highest BCUT2D eigenvalue weighted by Gasteiger charge is 2.07. The summed E-state index contributed by atoms with van der Waals surface area (Å²) in [4.78, 5) is 10.9. The molecule has 0 fully saturated rings. The van der Waals surface area contributed by atoms with Gasteiger partial charge in [-0.2, -0.15) is 0 Å². The molecule has 16 heavy (non-hydrogen) atoms. The third-order valence-electron chi connectivity index (χ3n) is 2.73. The molecule has 0 aliphatic rings. The molecule has 0 saturated heterocycles. The molecule has 0 radical (unpaired) electrons. The van der Waals surface area contributed by atoms with Gasteiger partial charge in [0.1, 0.15) is 0 Å². The number of hydrogen-bond acceptors (Lipinski definition) is 2. The zero-order valence-corrected chi connectivity index (χ0v) is 9.26. The number of para-hydroxylation sites is 1. The number of fused-ring (bicyclic) bond motifs is 1. The smallest absolute Gasteiger partial charge is 0.152 e. The molecule has 2 rings (SSSR count). The number of rotatable bonds is 4. The quantitative estimate of drug-likeness (QED) is 0.798. The van der Waals surface area contributed by atoms with Gasteiger partial charge in [0.15, 0.2) is 6.29 Å². The summed E-state index contributed by atoms with van der Waals surface area (Å²) in [6.45, 7) is 2.50. The molecule has 1 atom stereocenters. The van der Waals surface area contributed by atoms with Crippen molar-refractivity contribution in [1.29, 1.82) is 0 Å². The first-order valence-electron chi connectivity index (χ1n) is 5.43. The maximum absolute atomic E-state index is 10.9. The maximum Gasteiger partial charge on any atom is 0.152 e. The molecular weight excluding hydrogens is 202 g/mol. The van der Waals surface area contributed by atoms with Gasteiger partial charge in [-0.15, -0.1) is 0 Å². The SMILES string of the molecule is CC(O)CCn1cc(C=O)c2ccccc21. The Hall–Kier alpha value is -1.61. The third kappa shape index (κ3) is 1.99. The van der Waals surface area contributed by atoms with Crippen LogP contribution < -0.4 is 0 Å². The van der Waals surface area contributed by atoms with Gasteiger partial charge in [0.2, 0.25) is 0 Å². The largest absolute Gasteiger partial charge is 0.393 e. The zero-order chi connectivity index (χ0) is 11.5. The van der Waals surface area contributed by atoms with Crippen LogP contribution in [0.25, 0.3) is 10.9 Å².